The number of carbonyl (C=O) groups excluding carboxylic acids is 1. The second-order valence-electron chi connectivity index (χ2n) is 6.09. The van der Waals surface area contributed by atoms with Gasteiger partial charge in [0.2, 0.25) is 15.9 Å². The summed E-state index contributed by atoms with van der Waals surface area (Å²) in [6.45, 7) is 7.62. The Kier molecular flexibility index (Phi) is 5.78. The van der Waals surface area contributed by atoms with Crippen LogP contribution in [-0.2, 0) is 14.8 Å². The fraction of sp³-hybridized carbons (Fsp3) is 0.562. The third-order valence-electron chi connectivity index (χ3n) is 4.01. The lowest BCUT2D eigenvalue weighted by Crippen LogP contribution is -2.55. The number of benzene rings is 1. The van der Waals surface area contributed by atoms with E-state index in [1.165, 1.54) is 4.31 Å². The number of hydrogen-bond acceptors (Lipinski definition) is 4. The molecule has 1 heterocycles. The van der Waals surface area contributed by atoms with E-state index in [1.54, 1.807) is 30.3 Å². The molecule has 128 valence electrons. The molecular formula is C16H25N3O3S. The molecule has 1 fully saturated rings. The number of carbonyl (C=O) groups is 1. The minimum atomic E-state index is -3.44. The van der Waals surface area contributed by atoms with Gasteiger partial charge in [0.1, 0.15) is 0 Å². The van der Waals surface area contributed by atoms with Gasteiger partial charge in [-0.3, -0.25) is 9.69 Å². The quantitative estimate of drug-likeness (QED) is 0.866. The Balaban J connectivity index is 1.97. The number of piperazine rings is 1. The molecule has 0 radical (unpaired) electrons. The molecule has 1 atom stereocenters. The van der Waals surface area contributed by atoms with Crippen LogP contribution in [0, 0.1) is 0 Å². The lowest BCUT2D eigenvalue weighted by molar-refractivity contribution is -0.126. The highest BCUT2D eigenvalue weighted by molar-refractivity contribution is 7.89. The fourth-order valence-electron chi connectivity index (χ4n) is 2.64. The maximum absolute atomic E-state index is 12.6. The van der Waals surface area contributed by atoms with Crippen LogP contribution in [0.3, 0.4) is 0 Å². The molecule has 1 aliphatic heterocycles. The predicted molar refractivity (Wildman–Crippen MR) is 89.5 cm³/mol. The molecule has 2 rings (SSSR count). The molecule has 1 N–H and O–H groups in total. The lowest BCUT2D eigenvalue weighted by atomic mass is 10.2. The smallest absolute Gasteiger partial charge is 0.243 e. The van der Waals surface area contributed by atoms with Gasteiger partial charge in [0, 0.05) is 32.2 Å². The van der Waals surface area contributed by atoms with Crippen molar-refractivity contribution in [2.24, 2.45) is 0 Å². The van der Waals surface area contributed by atoms with E-state index in [-0.39, 0.29) is 18.0 Å². The van der Waals surface area contributed by atoms with Gasteiger partial charge in [0.05, 0.1) is 10.9 Å². The van der Waals surface area contributed by atoms with Crippen molar-refractivity contribution in [3.63, 3.8) is 0 Å². The van der Waals surface area contributed by atoms with Crippen molar-refractivity contribution in [3.8, 4) is 0 Å². The highest BCUT2D eigenvalue weighted by Crippen LogP contribution is 2.18. The number of nitrogens with zero attached hydrogens (tertiary/aromatic N) is 2. The van der Waals surface area contributed by atoms with E-state index in [0.29, 0.717) is 31.1 Å². The van der Waals surface area contributed by atoms with Gasteiger partial charge in [-0.2, -0.15) is 4.31 Å². The van der Waals surface area contributed by atoms with Gasteiger partial charge in [-0.15, -0.1) is 0 Å². The Morgan fingerprint density at radius 2 is 1.61 bits per heavy atom. The van der Waals surface area contributed by atoms with Crippen LogP contribution in [0.5, 0.6) is 0 Å². The second kappa shape index (κ2) is 7.42. The molecule has 0 saturated carbocycles. The van der Waals surface area contributed by atoms with E-state index < -0.39 is 10.0 Å². The molecule has 0 aliphatic carbocycles. The zero-order valence-electron chi connectivity index (χ0n) is 13.9. The number of rotatable bonds is 5. The zero-order valence-corrected chi connectivity index (χ0v) is 14.7. The van der Waals surface area contributed by atoms with Crippen molar-refractivity contribution in [3.05, 3.63) is 30.3 Å². The monoisotopic (exact) mass is 339 g/mol. The van der Waals surface area contributed by atoms with Gasteiger partial charge in [-0.25, -0.2) is 8.42 Å². The van der Waals surface area contributed by atoms with Crippen LogP contribution in [-0.4, -0.2) is 61.8 Å². The summed E-state index contributed by atoms with van der Waals surface area (Å²) in [7, 11) is -3.44. The van der Waals surface area contributed by atoms with Crippen LogP contribution < -0.4 is 5.32 Å². The summed E-state index contributed by atoms with van der Waals surface area (Å²) >= 11 is 0. The van der Waals surface area contributed by atoms with E-state index in [2.05, 4.69) is 5.32 Å². The first kappa shape index (κ1) is 17.9. The Bertz CT molecular complexity index is 623. The Labute approximate surface area is 138 Å². The van der Waals surface area contributed by atoms with E-state index in [0.717, 1.165) is 0 Å². The van der Waals surface area contributed by atoms with Gasteiger partial charge >= 0.3 is 0 Å². The van der Waals surface area contributed by atoms with Crippen LogP contribution >= 0.6 is 0 Å². The fourth-order valence-corrected chi connectivity index (χ4v) is 4.09. The summed E-state index contributed by atoms with van der Waals surface area (Å²) in [5.41, 5.74) is 0. The third-order valence-corrected chi connectivity index (χ3v) is 5.93. The molecule has 1 saturated heterocycles. The van der Waals surface area contributed by atoms with Crippen molar-refractivity contribution >= 4 is 15.9 Å². The average molecular weight is 339 g/mol. The average Bonchev–Trinajstić information content (AvgIpc) is 2.54. The summed E-state index contributed by atoms with van der Waals surface area (Å²) in [6, 6.07) is 8.32. The SMILES string of the molecule is CC(C)NC(=O)C(C)N1CCN(S(=O)(=O)c2ccccc2)CC1. The molecule has 7 heteroatoms. The Morgan fingerprint density at radius 3 is 2.13 bits per heavy atom. The number of sulfonamides is 1. The van der Waals surface area contributed by atoms with Crippen LogP contribution in [0.1, 0.15) is 20.8 Å². The first-order valence-electron chi connectivity index (χ1n) is 7.92. The molecule has 0 bridgehead atoms. The standard InChI is InChI=1S/C16H25N3O3S/c1-13(2)17-16(20)14(3)18-9-11-19(12-10-18)23(21,22)15-7-5-4-6-8-15/h4-8,13-14H,9-12H2,1-3H3,(H,17,20). The van der Waals surface area contributed by atoms with Gasteiger partial charge in [-0.05, 0) is 32.9 Å². The third kappa shape index (κ3) is 4.31. The lowest BCUT2D eigenvalue weighted by Gasteiger charge is -2.36. The Hall–Kier alpha value is -1.44. The van der Waals surface area contributed by atoms with Crippen LogP contribution in [0.15, 0.2) is 35.2 Å². The van der Waals surface area contributed by atoms with Crippen molar-refractivity contribution in [1.82, 2.24) is 14.5 Å². The van der Waals surface area contributed by atoms with Gasteiger partial charge < -0.3 is 5.32 Å². The summed E-state index contributed by atoms with van der Waals surface area (Å²) in [6.07, 6.45) is 0. The maximum atomic E-state index is 12.6. The molecule has 6 nitrogen and oxygen atoms in total. The van der Waals surface area contributed by atoms with Crippen molar-refractivity contribution < 1.29 is 13.2 Å². The maximum Gasteiger partial charge on any atom is 0.243 e. The van der Waals surface area contributed by atoms with E-state index in [9.17, 15) is 13.2 Å². The van der Waals surface area contributed by atoms with Crippen molar-refractivity contribution in [2.45, 2.75) is 37.8 Å². The normalized spacial score (nSPS) is 18.8. The summed E-state index contributed by atoms with van der Waals surface area (Å²) in [4.78, 5) is 14.4. The first-order chi connectivity index (χ1) is 10.8. The van der Waals surface area contributed by atoms with Gasteiger partial charge in [-0.1, -0.05) is 18.2 Å². The highest BCUT2D eigenvalue weighted by atomic mass is 32.2. The predicted octanol–water partition coefficient (Wildman–Crippen LogP) is 0.906. The van der Waals surface area contributed by atoms with E-state index in [4.69, 9.17) is 0 Å². The molecule has 1 aromatic rings. The first-order valence-corrected chi connectivity index (χ1v) is 9.36. The molecule has 1 aromatic carbocycles. The molecule has 0 aromatic heterocycles. The molecule has 1 amide bonds. The summed E-state index contributed by atoms with van der Waals surface area (Å²) in [5.74, 6) is -0.0145. The van der Waals surface area contributed by atoms with E-state index >= 15 is 0 Å². The highest BCUT2D eigenvalue weighted by Gasteiger charge is 2.31. The Morgan fingerprint density at radius 1 is 1.04 bits per heavy atom. The molecule has 1 aliphatic rings. The van der Waals surface area contributed by atoms with Crippen LogP contribution in [0.2, 0.25) is 0 Å². The molecular weight excluding hydrogens is 314 g/mol. The van der Waals surface area contributed by atoms with E-state index in [1.807, 2.05) is 25.7 Å². The molecule has 23 heavy (non-hydrogen) atoms. The minimum absolute atomic E-state index is 0.0145. The molecule has 0 spiro atoms. The molecule has 1 unspecified atom stereocenters. The van der Waals surface area contributed by atoms with Gasteiger partial charge in [0.25, 0.3) is 0 Å². The topological polar surface area (TPSA) is 69.7 Å². The zero-order chi connectivity index (χ0) is 17.0. The second-order valence-corrected chi connectivity index (χ2v) is 8.03. The largest absolute Gasteiger partial charge is 0.353 e. The van der Waals surface area contributed by atoms with Crippen LogP contribution in [0.25, 0.3) is 0 Å². The number of nitrogens with one attached hydrogen (secondary N) is 1. The van der Waals surface area contributed by atoms with Gasteiger partial charge in [0.15, 0.2) is 0 Å². The number of amides is 1. The minimum Gasteiger partial charge on any atom is -0.353 e. The summed E-state index contributed by atoms with van der Waals surface area (Å²) < 4.78 is 26.6. The summed E-state index contributed by atoms with van der Waals surface area (Å²) in [5, 5.41) is 2.89. The van der Waals surface area contributed by atoms with Crippen molar-refractivity contribution in [1.29, 1.82) is 0 Å². The number of hydrogen-bond donors (Lipinski definition) is 1. The van der Waals surface area contributed by atoms with Crippen LogP contribution in [0.4, 0.5) is 0 Å². The van der Waals surface area contributed by atoms with Crippen molar-refractivity contribution in [2.75, 3.05) is 26.2 Å².